The Kier molecular flexibility index (Phi) is 4.63. The molecule has 0 spiro atoms. The van der Waals surface area contributed by atoms with Crippen molar-refractivity contribution < 1.29 is 9.47 Å². The van der Waals surface area contributed by atoms with Gasteiger partial charge in [-0.15, -0.1) is 0 Å². The van der Waals surface area contributed by atoms with E-state index in [9.17, 15) is 0 Å². The number of amidine groups is 1. The van der Waals surface area contributed by atoms with Crippen LogP contribution in [0.4, 0.5) is 0 Å². The van der Waals surface area contributed by atoms with Gasteiger partial charge >= 0.3 is 0 Å². The Morgan fingerprint density at radius 1 is 1.20 bits per heavy atom. The number of nitrogen functional groups attached to an aromatic ring is 1. The maximum Gasteiger partial charge on any atom is 0.133 e. The number of ether oxygens (including phenoxy) is 2. The van der Waals surface area contributed by atoms with Crippen LogP contribution in [0.25, 0.3) is 0 Å². The molecule has 0 atom stereocenters. The third kappa shape index (κ3) is 3.30. The van der Waals surface area contributed by atoms with Gasteiger partial charge in [0.15, 0.2) is 0 Å². The number of hydrogen-bond acceptors (Lipinski definition) is 3. The highest BCUT2D eigenvalue weighted by Gasteiger charge is 2.08. The van der Waals surface area contributed by atoms with Gasteiger partial charge in [-0.2, -0.15) is 0 Å². The zero-order valence-electron chi connectivity index (χ0n) is 11.0. The summed E-state index contributed by atoms with van der Waals surface area (Å²) in [6.45, 7) is 0.396. The molecule has 5 heteroatoms. The molecule has 0 aliphatic heterocycles. The second kappa shape index (κ2) is 6.43. The molecule has 104 valence electrons. The van der Waals surface area contributed by atoms with Gasteiger partial charge < -0.3 is 15.2 Å². The van der Waals surface area contributed by atoms with Crippen molar-refractivity contribution in [3.8, 4) is 11.5 Å². The van der Waals surface area contributed by atoms with Crippen molar-refractivity contribution in [2.24, 2.45) is 5.73 Å². The zero-order valence-corrected chi connectivity index (χ0v) is 12.6. The van der Waals surface area contributed by atoms with E-state index in [0.717, 1.165) is 15.8 Å². The van der Waals surface area contributed by atoms with Crippen LogP contribution in [0.5, 0.6) is 11.5 Å². The van der Waals surface area contributed by atoms with Crippen LogP contribution in [-0.2, 0) is 6.61 Å². The Morgan fingerprint density at radius 2 is 1.95 bits per heavy atom. The highest BCUT2D eigenvalue weighted by molar-refractivity contribution is 9.10. The number of methoxy groups -OCH3 is 1. The molecule has 0 heterocycles. The molecule has 0 fully saturated rings. The predicted molar refractivity (Wildman–Crippen MR) is 82.5 cm³/mol. The summed E-state index contributed by atoms with van der Waals surface area (Å²) in [4.78, 5) is 0. The minimum atomic E-state index is -0.0235. The third-order valence-corrected chi connectivity index (χ3v) is 3.44. The molecule has 4 nitrogen and oxygen atoms in total. The fraction of sp³-hybridized carbons (Fsp3) is 0.133. The van der Waals surface area contributed by atoms with Crippen LogP contribution in [0, 0.1) is 5.41 Å². The van der Waals surface area contributed by atoms with Gasteiger partial charge in [-0.25, -0.2) is 0 Å². The molecule has 0 amide bonds. The highest BCUT2D eigenvalue weighted by atomic mass is 79.9. The summed E-state index contributed by atoms with van der Waals surface area (Å²) < 4.78 is 11.8. The number of nitrogens with two attached hydrogens (primary N) is 1. The van der Waals surface area contributed by atoms with E-state index in [1.54, 1.807) is 19.2 Å². The Balaban J connectivity index is 2.16. The molecule has 0 aromatic heterocycles. The van der Waals surface area contributed by atoms with Crippen molar-refractivity contribution in [1.82, 2.24) is 0 Å². The first-order valence-corrected chi connectivity index (χ1v) is 6.79. The Hall–Kier alpha value is -2.01. The first-order chi connectivity index (χ1) is 9.61. The number of halogens is 1. The van der Waals surface area contributed by atoms with Crippen LogP contribution in [0.2, 0.25) is 0 Å². The van der Waals surface area contributed by atoms with Gasteiger partial charge in [0.05, 0.1) is 17.1 Å². The molecule has 0 unspecified atom stereocenters. The van der Waals surface area contributed by atoms with Crippen LogP contribution >= 0.6 is 15.9 Å². The quantitative estimate of drug-likeness (QED) is 0.651. The van der Waals surface area contributed by atoms with Crippen LogP contribution in [0.3, 0.4) is 0 Å². The molecule has 3 N–H and O–H groups in total. The van der Waals surface area contributed by atoms with E-state index >= 15 is 0 Å². The van der Waals surface area contributed by atoms with E-state index < -0.39 is 0 Å². The van der Waals surface area contributed by atoms with Gasteiger partial charge in [0.25, 0.3) is 0 Å². The normalized spacial score (nSPS) is 10.1. The smallest absolute Gasteiger partial charge is 0.133 e. The Labute approximate surface area is 126 Å². The fourth-order valence-electron chi connectivity index (χ4n) is 1.78. The lowest BCUT2D eigenvalue weighted by atomic mass is 10.1. The molecule has 2 rings (SSSR count). The van der Waals surface area contributed by atoms with Crippen molar-refractivity contribution in [2.45, 2.75) is 6.61 Å². The Morgan fingerprint density at radius 3 is 2.60 bits per heavy atom. The van der Waals surface area contributed by atoms with Crippen molar-refractivity contribution in [1.29, 1.82) is 5.41 Å². The number of benzene rings is 2. The minimum Gasteiger partial charge on any atom is -0.496 e. The maximum absolute atomic E-state index is 7.56. The summed E-state index contributed by atoms with van der Waals surface area (Å²) in [5, 5.41) is 7.56. The summed E-state index contributed by atoms with van der Waals surface area (Å²) >= 11 is 3.43. The van der Waals surface area contributed by atoms with Gasteiger partial charge in [-0.05, 0) is 45.8 Å². The molecule has 0 saturated carbocycles. The first-order valence-electron chi connectivity index (χ1n) is 6.00. The Bertz CT molecular complexity index is 629. The average molecular weight is 335 g/mol. The second-order valence-electron chi connectivity index (χ2n) is 4.17. The van der Waals surface area contributed by atoms with E-state index in [2.05, 4.69) is 15.9 Å². The fourth-order valence-corrected chi connectivity index (χ4v) is 2.18. The third-order valence-electron chi connectivity index (χ3n) is 2.79. The van der Waals surface area contributed by atoms with E-state index in [4.69, 9.17) is 20.6 Å². The highest BCUT2D eigenvalue weighted by Crippen LogP contribution is 2.25. The molecule has 2 aromatic carbocycles. The number of para-hydroxylation sites is 1. The lowest BCUT2D eigenvalue weighted by Crippen LogP contribution is -2.13. The molecule has 0 bridgehead atoms. The van der Waals surface area contributed by atoms with Crippen molar-refractivity contribution in [3.05, 3.63) is 58.1 Å². The summed E-state index contributed by atoms with van der Waals surface area (Å²) in [5.41, 5.74) is 7.04. The van der Waals surface area contributed by atoms with E-state index in [0.29, 0.717) is 17.9 Å². The SMILES string of the molecule is COc1ccc(COc2ccccc2Br)cc1C(=N)N. The number of hydrogen-bond donors (Lipinski definition) is 2. The number of rotatable bonds is 5. The van der Waals surface area contributed by atoms with E-state index in [-0.39, 0.29) is 5.84 Å². The molecule has 2 aromatic rings. The summed E-state index contributed by atoms with van der Waals surface area (Å²) in [6, 6.07) is 13.1. The molecule has 0 radical (unpaired) electrons. The minimum absolute atomic E-state index is 0.0235. The van der Waals surface area contributed by atoms with Crippen molar-refractivity contribution in [2.75, 3.05) is 7.11 Å². The van der Waals surface area contributed by atoms with Crippen LogP contribution < -0.4 is 15.2 Å². The summed E-state index contributed by atoms with van der Waals surface area (Å²) in [6.07, 6.45) is 0. The van der Waals surface area contributed by atoms with Gasteiger partial charge in [-0.3, -0.25) is 5.41 Å². The van der Waals surface area contributed by atoms with Crippen LogP contribution in [-0.4, -0.2) is 12.9 Å². The largest absolute Gasteiger partial charge is 0.496 e. The topological polar surface area (TPSA) is 68.3 Å². The molecule has 20 heavy (non-hydrogen) atoms. The lowest BCUT2D eigenvalue weighted by molar-refractivity contribution is 0.304. The monoisotopic (exact) mass is 334 g/mol. The molecule has 0 saturated heterocycles. The number of nitrogens with one attached hydrogen (secondary N) is 1. The predicted octanol–water partition coefficient (Wildman–Crippen LogP) is 3.32. The van der Waals surface area contributed by atoms with Gasteiger partial charge in [-0.1, -0.05) is 18.2 Å². The van der Waals surface area contributed by atoms with Gasteiger partial charge in [0, 0.05) is 0 Å². The van der Waals surface area contributed by atoms with Gasteiger partial charge in [0.1, 0.15) is 23.9 Å². The summed E-state index contributed by atoms with van der Waals surface area (Å²) in [5.74, 6) is 1.33. The lowest BCUT2D eigenvalue weighted by Gasteiger charge is -2.11. The van der Waals surface area contributed by atoms with Crippen LogP contribution in [0.15, 0.2) is 46.9 Å². The zero-order chi connectivity index (χ0) is 14.5. The standard InChI is InChI=1S/C15H15BrN2O2/c1-19-13-7-6-10(8-11(13)15(17)18)9-20-14-5-3-2-4-12(14)16/h2-8H,9H2,1H3,(H3,17,18). The molecule has 0 aliphatic rings. The molecule has 0 aliphatic carbocycles. The molecular formula is C15H15BrN2O2. The average Bonchev–Trinajstić information content (AvgIpc) is 2.46. The van der Waals surface area contributed by atoms with Gasteiger partial charge in [0.2, 0.25) is 0 Å². The maximum atomic E-state index is 7.56. The van der Waals surface area contributed by atoms with Crippen molar-refractivity contribution in [3.63, 3.8) is 0 Å². The van der Waals surface area contributed by atoms with E-state index in [1.807, 2.05) is 30.3 Å². The van der Waals surface area contributed by atoms with E-state index in [1.165, 1.54) is 0 Å². The summed E-state index contributed by atoms with van der Waals surface area (Å²) in [7, 11) is 1.55. The van der Waals surface area contributed by atoms with Crippen LogP contribution in [0.1, 0.15) is 11.1 Å². The van der Waals surface area contributed by atoms with Crippen molar-refractivity contribution >= 4 is 21.8 Å². The molecular weight excluding hydrogens is 320 g/mol. The second-order valence-corrected chi connectivity index (χ2v) is 5.02. The first kappa shape index (κ1) is 14.4.